The molecule has 0 unspecified atom stereocenters. The Balaban J connectivity index is 1.63. The lowest BCUT2D eigenvalue weighted by atomic mass is 10.1. The molecular formula is C17H18N2O3S2. The molecule has 0 bridgehead atoms. The SMILES string of the molecule is Cc1nc(CSc2ccc(C(=O)N3CCC[C@@H]3C(=O)O)cc2)cs1. The van der Waals surface area contributed by atoms with Crippen LogP contribution in [0.25, 0.3) is 0 Å². The van der Waals surface area contributed by atoms with Crippen molar-refractivity contribution in [2.75, 3.05) is 6.54 Å². The van der Waals surface area contributed by atoms with E-state index in [1.54, 1.807) is 35.2 Å². The number of hydrogen-bond donors (Lipinski definition) is 1. The molecule has 2 heterocycles. The molecule has 1 aliphatic rings. The van der Waals surface area contributed by atoms with E-state index in [1.807, 2.05) is 19.1 Å². The summed E-state index contributed by atoms with van der Waals surface area (Å²) in [7, 11) is 0. The largest absolute Gasteiger partial charge is 0.480 e. The van der Waals surface area contributed by atoms with E-state index in [4.69, 9.17) is 0 Å². The van der Waals surface area contributed by atoms with Crippen LogP contribution in [0.2, 0.25) is 0 Å². The van der Waals surface area contributed by atoms with Gasteiger partial charge in [-0.05, 0) is 44.0 Å². The molecule has 7 heteroatoms. The number of nitrogens with zero attached hydrogens (tertiary/aromatic N) is 2. The van der Waals surface area contributed by atoms with E-state index in [2.05, 4.69) is 10.4 Å². The molecule has 1 aliphatic heterocycles. The molecule has 0 radical (unpaired) electrons. The van der Waals surface area contributed by atoms with E-state index < -0.39 is 12.0 Å². The first-order valence-corrected chi connectivity index (χ1v) is 9.59. The topological polar surface area (TPSA) is 70.5 Å². The second-order valence-corrected chi connectivity index (χ2v) is 7.78. The summed E-state index contributed by atoms with van der Waals surface area (Å²) < 4.78 is 0. The zero-order chi connectivity index (χ0) is 17.1. The monoisotopic (exact) mass is 362 g/mol. The average Bonchev–Trinajstić information content (AvgIpc) is 3.21. The van der Waals surface area contributed by atoms with Crippen LogP contribution in [0.5, 0.6) is 0 Å². The molecular weight excluding hydrogens is 344 g/mol. The van der Waals surface area contributed by atoms with E-state index in [0.717, 1.165) is 27.8 Å². The van der Waals surface area contributed by atoms with Crippen molar-refractivity contribution >= 4 is 35.0 Å². The van der Waals surface area contributed by atoms with Crippen LogP contribution in [0.15, 0.2) is 34.5 Å². The second kappa shape index (κ2) is 7.36. The van der Waals surface area contributed by atoms with Crippen LogP contribution >= 0.6 is 23.1 Å². The molecule has 1 N–H and O–H groups in total. The van der Waals surface area contributed by atoms with Gasteiger partial charge in [-0.2, -0.15) is 0 Å². The zero-order valence-electron chi connectivity index (χ0n) is 13.3. The molecule has 0 spiro atoms. The number of aryl methyl sites for hydroxylation is 1. The van der Waals surface area contributed by atoms with Crippen molar-refractivity contribution in [3.8, 4) is 0 Å². The summed E-state index contributed by atoms with van der Waals surface area (Å²) in [6.45, 7) is 2.50. The molecule has 0 aliphatic carbocycles. The highest BCUT2D eigenvalue weighted by Crippen LogP contribution is 2.25. The van der Waals surface area contributed by atoms with Crippen LogP contribution in [-0.4, -0.2) is 39.5 Å². The Labute approximate surface area is 148 Å². The number of likely N-dealkylation sites (tertiary alicyclic amines) is 1. The van der Waals surface area contributed by atoms with Crippen molar-refractivity contribution in [1.29, 1.82) is 0 Å². The fraction of sp³-hybridized carbons (Fsp3) is 0.353. The predicted octanol–water partition coefficient (Wildman–Crippen LogP) is 3.43. The van der Waals surface area contributed by atoms with Crippen molar-refractivity contribution in [3.05, 3.63) is 45.9 Å². The van der Waals surface area contributed by atoms with Crippen molar-refractivity contribution < 1.29 is 14.7 Å². The number of carboxylic acid groups (broad SMARTS) is 1. The number of thiazole rings is 1. The smallest absolute Gasteiger partial charge is 0.326 e. The fourth-order valence-corrected chi connectivity index (χ4v) is 4.27. The number of rotatable bonds is 5. The number of hydrogen-bond acceptors (Lipinski definition) is 5. The lowest BCUT2D eigenvalue weighted by Crippen LogP contribution is -2.40. The maximum atomic E-state index is 12.5. The number of carboxylic acids is 1. The van der Waals surface area contributed by atoms with Crippen LogP contribution in [0.3, 0.4) is 0 Å². The van der Waals surface area contributed by atoms with Crippen LogP contribution < -0.4 is 0 Å². The van der Waals surface area contributed by atoms with Gasteiger partial charge >= 0.3 is 5.97 Å². The normalized spacial score (nSPS) is 17.2. The van der Waals surface area contributed by atoms with Crippen molar-refractivity contribution in [2.24, 2.45) is 0 Å². The minimum absolute atomic E-state index is 0.202. The quantitative estimate of drug-likeness (QED) is 0.825. The van der Waals surface area contributed by atoms with E-state index in [9.17, 15) is 14.7 Å². The summed E-state index contributed by atoms with van der Waals surface area (Å²) in [4.78, 5) is 30.7. The third-order valence-corrected chi connectivity index (χ3v) is 5.82. The third kappa shape index (κ3) is 3.79. The minimum atomic E-state index is -0.924. The molecule has 126 valence electrons. The highest BCUT2D eigenvalue weighted by atomic mass is 32.2. The Bertz CT molecular complexity index is 743. The van der Waals surface area contributed by atoms with E-state index in [-0.39, 0.29) is 5.91 Å². The van der Waals surface area contributed by atoms with E-state index in [1.165, 1.54) is 4.90 Å². The molecule has 3 rings (SSSR count). The predicted molar refractivity (Wildman–Crippen MR) is 94.5 cm³/mol. The Morgan fingerprint density at radius 2 is 2.12 bits per heavy atom. The molecule has 2 aromatic rings. The molecule has 1 saturated heterocycles. The van der Waals surface area contributed by atoms with Gasteiger partial charge in [-0.25, -0.2) is 9.78 Å². The Morgan fingerprint density at radius 3 is 2.75 bits per heavy atom. The Kier molecular flexibility index (Phi) is 5.20. The van der Waals surface area contributed by atoms with Crippen LogP contribution in [-0.2, 0) is 10.5 Å². The van der Waals surface area contributed by atoms with Crippen LogP contribution in [0.4, 0.5) is 0 Å². The molecule has 1 amide bonds. The first kappa shape index (κ1) is 17.0. The van der Waals surface area contributed by atoms with Gasteiger partial charge in [-0.15, -0.1) is 23.1 Å². The van der Waals surface area contributed by atoms with Crippen LogP contribution in [0.1, 0.15) is 33.9 Å². The fourth-order valence-electron chi connectivity index (χ4n) is 2.76. The summed E-state index contributed by atoms with van der Waals surface area (Å²) in [5.74, 6) is -0.330. The second-order valence-electron chi connectivity index (χ2n) is 5.67. The lowest BCUT2D eigenvalue weighted by Gasteiger charge is -2.21. The minimum Gasteiger partial charge on any atom is -0.480 e. The number of carbonyl (C=O) groups excluding carboxylic acids is 1. The Hall–Kier alpha value is -1.86. The van der Waals surface area contributed by atoms with Gasteiger partial charge in [0.1, 0.15) is 6.04 Å². The maximum absolute atomic E-state index is 12.5. The number of aliphatic carboxylic acids is 1. The Morgan fingerprint density at radius 1 is 1.38 bits per heavy atom. The number of carbonyl (C=O) groups is 2. The van der Waals surface area contributed by atoms with Crippen molar-refractivity contribution in [3.63, 3.8) is 0 Å². The first-order valence-electron chi connectivity index (χ1n) is 7.72. The summed E-state index contributed by atoms with van der Waals surface area (Å²) in [5.41, 5.74) is 1.60. The molecule has 5 nitrogen and oxygen atoms in total. The lowest BCUT2D eigenvalue weighted by molar-refractivity contribution is -0.141. The molecule has 24 heavy (non-hydrogen) atoms. The zero-order valence-corrected chi connectivity index (χ0v) is 14.9. The molecule has 1 aromatic heterocycles. The third-order valence-electron chi connectivity index (χ3n) is 3.95. The van der Waals surface area contributed by atoms with Gasteiger partial charge < -0.3 is 10.0 Å². The molecule has 1 aromatic carbocycles. The number of amides is 1. The molecule has 0 saturated carbocycles. The van der Waals surface area contributed by atoms with E-state index in [0.29, 0.717) is 18.5 Å². The summed E-state index contributed by atoms with van der Waals surface area (Å²) in [6, 6.07) is 6.66. The molecule has 1 atom stereocenters. The maximum Gasteiger partial charge on any atom is 0.326 e. The van der Waals surface area contributed by atoms with Gasteiger partial charge in [0.05, 0.1) is 10.7 Å². The van der Waals surface area contributed by atoms with Crippen molar-refractivity contribution in [2.45, 2.75) is 36.5 Å². The van der Waals surface area contributed by atoms with Gasteiger partial charge in [-0.1, -0.05) is 0 Å². The number of thioether (sulfide) groups is 1. The van der Waals surface area contributed by atoms with Crippen LogP contribution in [0, 0.1) is 6.92 Å². The average molecular weight is 362 g/mol. The van der Waals surface area contributed by atoms with E-state index >= 15 is 0 Å². The van der Waals surface area contributed by atoms with Crippen molar-refractivity contribution in [1.82, 2.24) is 9.88 Å². The standard InChI is InChI=1S/C17H18N2O3S2/c1-11-18-13(9-23-11)10-24-14-6-4-12(5-7-14)16(20)19-8-2-3-15(19)17(21)22/h4-7,9,15H,2-3,8,10H2,1H3,(H,21,22)/t15-/m1/s1. The highest BCUT2D eigenvalue weighted by Gasteiger charge is 2.34. The summed E-state index contributed by atoms with van der Waals surface area (Å²) in [6.07, 6.45) is 1.27. The van der Waals surface area contributed by atoms with Gasteiger partial charge in [-0.3, -0.25) is 4.79 Å². The van der Waals surface area contributed by atoms with Gasteiger partial charge in [0.2, 0.25) is 0 Å². The van der Waals surface area contributed by atoms with Gasteiger partial charge in [0.15, 0.2) is 0 Å². The number of benzene rings is 1. The van der Waals surface area contributed by atoms with Gasteiger partial charge in [0.25, 0.3) is 5.91 Å². The molecule has 1 fully saturated rings. The number of aromatic nitrogens is 1. The summed E-state index contributed by atoms with van der Waals surface area (Å²) in [5, 5.41) is 12.3. The summed E-state index contributed by atoms with van der Waals surface area (Å²) >= 11 is 3.31. The van der Waals surface area contributed by atoms with Gasteiger partial charge in [0, 0.05) is 28.1 Å². The highest BCUT2D eigenvalue weighted by molar-refractivity contribution is 7.98. The first-order chi connectivity index (χ1) is 11.5.